The van der Waals surface area contributed by atoms with Gasteiger partial charge in [0.2, 0.25) is 12.5 Å². The molecule has 6 aliphatic carbocycles. The molecule has 97 heavy (non-hydrogen) atoms. The summed E-state index contributed by atoms with van der Waals surface area (Å²) < 4.78 is 5.30. The van der Waals surface area contributed by atoms with Crippen LogP contribution in [0.1, 0.15) is 330 Å². The summed E-state index contributed by atoms with van der Waals surface area (Å²) in [6.07, 6.45) is 41.0. The average Bonchev–Trinajstić information content (AvgIpc) is 1.77. The van der Waals surface area contributed by atoms with Crippen LogP contribution in [0.3, 0.4) is 0 Å². The Kier molecular flexibility index (Phi) is 45.8. The van der Waals surface area contributed by atoms with Gasteiger partial charge in [-0.3, -0.25) is 15.1 Å². The fourth-order valence-corrected chi connectivity index (χ4v) is 17.5. The van der Waals surface area contributed by atoms with E-state index in [1.807, 2.05) is 13.8 Å². The summed E-state index contributed by atoms with van der Waals surface area (Å²) in [5.41, 5.74) is 12.8. The second kappa shape index (κ2) is 49.1. The van der Waals surface area contributed by atoms with Crippen molar-refractivity contribution in [3.63, 3.8) is 0 Å². The zero-order chi connectivity index (χ0) is 72.7. The monoisotopic (exact) mass is 1360 g/mol. The normalized spacial score (nSPS) is 28.3. The Hall–Kier alpha value is -2.63. The van der Waals surface area contributed by atoms with Crippen molar-refractivity contribution in [1.29, 1.82) is 5.41 Å². The van der Waals surface area contributed by atoms with Gasteiger partial charge in [-0.15, -0.1) is 0 Å². The number of nitrogens with two attached hydrogens (primary N) is 2. The number of hydrogen-bond donors (Lipinski definition) is 6. The fourth-order valence-electron chi connectivity index (χ4n) is 17.5. The number of carbonyl (C=O) groups is 2. The van der Waals surface area contributed by atoms with Crippen LogP contribution in [0.4, 0.5) is 0 Å². The van der Waals surface area contributed by atoms with E-state index < -0.39 is 5.60 Å². The number of amides is 1. The highest BCUT2D eigenvalue weighted by molar-refractivity contribution is 5.84. The molecule has 2 saturated heterocycles. The predicted molar refractivity (Wildman–Crippen MR) is 414 cm³/mol. The van der Waals surface area contributed by atoms with E-state index in [9.17, 15) is 14.7 Å². The van der Waals surface area contributed by atoms with Crippen molar-refractivity contribution >= 4 is 23.7 Å². The summed E-state index contributed by atoms with van der Waals surface area (Å²) in [5, 5.41) is 32.4. The molecule has 0 aromatic carbocycles. The third kappa shape index (κ3) is 45.9. The molecule has 1 amide bonds. The van der Waals surface area contributed by atoms with Crippen LogP contribution in [0.25, 0.3) is 4.85 Å². The molecular weight excluding hydrogens is 1200 g/mol. The standard InChI is InChI=1S/C16H30N2O2.C13H26O.C13H24O.C12H21N.C11H22N2.C10H19NO.C9H20N2/c1-13(2)11-14-3-5-15(6-4-14)17-16(19)12-18-7-9-20-10-8-18;1-12(2,3)9-10-6-7-11(8-10)13(4,5)14;1-13(2,3)10-12-6-4-11(5-7-12)8-9-14;1-10(2)8-11-4-6-12(7-5-11)9-13-3;1-8(2)7-9-3-5-10(6-4-9)11(12)13;1-8(2)7-9-3-5-10(11-12)6-4-9;1-8(2)6-11-5-3-4-9(10)7-11/h13-15H,3-12H2,1-2H3,(H,17,19);10-11,14H,6-9H2,1-5H3;9,11-12H,4-8,10H2,1-3H3;10-12H,4-9H2,1-2H3;8-10H,3-7H2,1-2H3,(H3,12,13);8-9,12H,3-7H2,1-2H3;8-9H,3-7,10H2,1-2H3. The first-order valence-electron chi connectivity index (χ1n) is 40.6. The van der Waals surface area contributed by atoms with Crippen LogP contribution in [-0.4, -0.2) is 121 Å². The molecule has 0 radical (unpaired) electrons. The lowest BCUT2D eigenvalue weighted by Crippen LogP contribution is -2.46. The summed E-state index contributed by atoms with van der Waals surface area (Å²) in [5.74, 6) is 12.3. The molecule has 3 unspecified atom stereocenters. The summed E-state index contributed by atoms with van der Waals surface area (Å²) >= 11 is 0. The van der Waals surface area contributed by atoms with Crippen LogP contribution in [0.5, 0.6) is 0 Å². The molecule has 6 saturated carbocycles. The van der Waals surface area contributed by atoms with Crippen molar-refractivity contribution < 1.29 is 24.6 Å². The van der Waals surface area contributed by atoms with Gasteiger partial charge in [0, 0.05) is 56.5 Å². The molecule has 8 aliphatic rings. The number of aliphatic hydroxyl groups is 1. The Bertz CT molecular complexity index is 2070. The third-order valence-electron chi connectivity index (χ3n) is 22.2. The number of carbonyl (C=O) groups excluding carboxylic acids is 2. The highest BCUT2D eigenvalue weighted by Gasteiger charge is 2.36. The van der Waals surface area contributed by atoms with E-state index in [0.29, 0.717) is 53.0 Å². The van der Waals surface area contributed by atoms with E-state index >= 15 is 0 Å². The Morgan fingerprint density at radius 3 is 1.45 bits per heavy atom. The predicted octanol–water partition coefficient (Wildman–Crippen LogP) is 20.1. The number of nitrogens with zero attached hydrogens (tertiary/aromatic N) is 4. The van der Waals surface area contributed by atoms with E-state index in [4.69, 9.17) is 33.4 Å². The van der Waals surface area contributed by atoms with Gasteiger partial charge < -0.3 is 46.4 Å². The number of amidine groups is 1. The van der Waals surface area contributed by atoms with Gasteiger partial charge in [-0.1, -0.05) is 135 Å². The quantitative estimate of drug-likeness (QED) is 0.0172. The first-order valence-corrected chi connectivity index (χ1v) is 40.6. The van der Waals surface area contributed by atoms with Crippen LogP contribution in [0.15, 0.2) is 5.16 Å². The van der Waals surface area contributed by atoms with Crippen LogP contribution in [0, 0.1) is 112 Å². The number of rotatable bonds is 20. The van der Waals surface area contributed by atoms with Gasteiger partial charge in [0.05, 0.1) is 36.9 Å². The molecule has 3 atom stereocenters. The molecule has 13 heteroatoms. The number of ether oxygens (including phenoxy) is 1. The molecule has 0 bridgehead atoms. The lowest BCUT2D eigenvalue weighted by molar-refractivity contribution is -0.124. The third-order valence-corrected chi connectivity index (χ3v) is 22.2. The van der Waals surface area contributed by atoms with E-state index in [2.05, 4.69) is 136 Å². The lowest BCUT2D eigenvalue weighted by Gasteiger charge is -2.32. The van der Waals surface area contributed by atoms with E-state index in [0.717, 1.165) is 167 Å². The Morgan fingerprint density at radius 2 is 1.04 bits per heavy atom. The minimum atomic E-state index is -0.466. The Labute approximate surface area is 600 Å². The zero-order valence-electron chi connectivity index (χ0n) is 66.9. The molecule has 2 heterocycles. The number of piperidine rings is 1. The minimum absolute atomic E-state index is 0.194. The molecule has 0 spiro atoms. The van der Waals surface area contributed by atoms with Crippen molar-refractivity contribution in [3.05, 3.63) is 11.4 Å². The van der Waals surface area contributed by atoms with Crippen molar-refractivity contribution in [2.45, 2.75) is 348 Å². The number of morpholine rings is 1. The first-order chi connectivity index (χ1) is 45.5. The maximum atomic E-state index is 12.0. The summed E-state index contributed by atoms with van der Waals surface area (Å²) in [6, 6.07) is 0.842. The fraction of sp³-hybridized carbons (Fsp3) is 0.940. The van der Waals surface area contributed by atoms with Crippen LogP contribution in [0.2, 0.25) is 0 Å². The average molecular weight is 1360 g/mol. The number of likely N-dealkylation sites (tertiary alicyclic amines) is 1. The highest BCUT2D eigenvalue weighted by atomic mass is 16.5. The Balaban J connectivity index is 0.000000388. The van der Waals surface area contributed by atoms with Gasteiger partial charge >= 0.3 is 0 Å². The van der Waals surface area contributed by atoms with Crippen molar-refractivity contribution in [3.8, 4) is 0 Å². The summed E-state index contributed by atoms with van der Waals surface area (Å²) in [4.78, 5) is 30.6. The molecule has 8 rings (SSSR count). The van der Waals surface area contributed by atoms with Gasteiger partial charge in [0.25, 0.3) is 0 Å². The number of aldehydes is 1. The first kappa shape index (κ1) is 90.5. The zero-order valence-corrected chi connectivity index (χ0v) is 66.9. The molecule has 8 N–H and O–H groups in total. The van der Waals surface area contributed by atoms with E-state index in [1.165, 1.54) is 174 Å². The van der Waals surface area contributed by atoms with Gasteiger partial charge in [-0.05, 0) is 288 Å². The molecule has 0 aromatic rings. The number of hydrogen-bond acceptors (Lipinski definition) is 10. The SMILES string of the molecule is CC(C)(C)CC1CCC(C(C)(C)O)C1.CC(C)(C)CC1CCC(CC=O)CC1.CC(C)CC1CCC(=NO)CC1.CC(C)CC1CCC(C(=N)N)CC1.CC(C)CC1CCC(NC(=O)CN2CCOCC2)CC1.CC(C)CN1CCCC(N)C1.[C-]#[N+]CC1CCC(CC(C)C)CC1. The molecule has 13 nitrogen and oxygen atoms in total. The summed E-state index contributed by atoms with van der Waals surface area (Å²) in [6.45, 7) is 55.7. The smallest absolute Gasteiger partial charge is 0.234 e. The molecule has 8 fully saturated rings. The van der Waals surface area contributed by atoms with E-state index in [1.54, 1.807) is 0 Å². The number of nitrogens with one attached hydrogen (secondary N) is 2. The second-order valence-corrected chi connectivity index (χ2v) is 37.6. The van der Waals surface area contributed by atoms with Crippen molar-refractivity contribution in [2.24, 2.45) is 116 Å². The lowest BCUT2D eigenvalue weighted by atomic mass is 9.74. The van der Waals surface area contributed by atoms with Crippen LogP contribution >= 0.6 is 0 Å². The van der Waals surface area contributed by atoms with Gasteiger partial charge in [-0.2, -0.15) is 0 Å². The van der Waals surface area contributed by atoms with Crippen molar-refractivity contribution in [1.82, 2.24) is 15.1 Å². The maximum Gasteiger partial charge on any atom is 0.234 e. The minimum Gasteiger partial charge on any atom is -0.411 e. The van der Waals surface area contributed by atoms with Gasteiger partial charge in [0.1, 0.15) is 6.29 Å². The van der Waals surface area contributed by atoms with Crippen LogP contribution < -0.4 is 16.8 Å². The maximum absolute atomic E-state index is 12.0. The largest absolute Gasteiger partial charge is 0.411 e. The Morgan fingerprint density at radius 1 is 0.608 bits per heavy atom. The highest BCUT2D eigenvalue weighted by Crippen LogP contribution is 2.43. The number of oxime groups is 1. The van der Waals surface area contributed by atoms with Gasteiger partial charge in [-0.25, -0.2) is 6.57 Å². The molecular formula is C84H162N8O5. The summed E-state index contributed by atoms with van der Waals surface area (Å²) in [7, 11) is 0. The molecule has 0 aromatic heterocycles. The van der Waals surface area contributed by atoms with Crippen molar-refractivity contribution in [2.75, 3.05) is 59.0 Å². The van der Waals surface area contributed by atoms with Crippen LogP contribution in [-0.2, 0) is 14.3 Å². The van der Waals surface area contributed by atoms with E-state index in [-0.39, 0.29) is 5.91 Å². The molecule has 568 valence electrons. The topological polar surface area (TPSA) is 195 Å². The second-order valence-electron chi connectivity index (χ2n) is 37.6. The molecule has 2 aliphatic heterocycles. The van der Waals surface area contributed by atoms with Gasteiger partial charge in [0.15, 0.2) is 0 Å².